The molecule has 3 rings (SSSR count). The molecular formula is C17H18N2O3. The highest BCUT2D eigenvalue weighted by molar-refractivity contribution is 5.61. The van der Waals surface area contributed by atoms with Gasteiger partial charge >= 0.3 is 0 Å². The molecule has 114 valence electrons. The van der Waals surface area contributed by atoms with Crippen molar-refractivity contribution in [1.82, 2.24) is 0 Å². The summed E-state index contributed by atoms with van der Waals surface area (Å²) >= 11 is 0. The molecule has 1 atom stereocenters. The zero-order valence-corrected chi connectivity index (χ0v) is 12.2. The first-order valence-corrected chi connectivity index (χ1v) is 7.38. The number of nitro groups is 1. The van der Waals surface area contributed by atoms with E-state index in [4.69, 9.17) is 0 Å². The van der Waals surface area contributed by atoms with Gasteiger partial charge in [0.2, 0.25) is 0 Å². The van der Waals surface area contributed by atoms with E-state index in [2.05, 4.69) is 5.32 Å². The third-order valence-electron chi connectivity index (χ3n) is 4.23. The van der Waals surface area contributed by atoms with Crippen LogP contribution in [0.3, 0.4) is 0 Å². The summed E-state index contributed by atoms with van der Waals surface area (Å²) < 4.78 is 0. The normalized spacial score (nSPS) is 20.2. The zero-order chi connectivity index (χ0) is 15.6. The number of benzene rings is 2. The topological polar surface area (TPSA) is 75.4 Å². The predicted molar refractivity (Wildman–Crippen MR) is 84.9 cm³/mol. The van der Waals surface area contributed by atoms with Crippen molar-refractivity contribution in [2.24, 2.45) is 0 Å². The summed E-state index contributed by atoms with van der Waals surface area (Å²) in [5.74, 6) is 0. The quantitative estimate of drug-likeness (QED) is 0.671. The lowest BCUT2D eigenvalue weighted by atomic mass is 9.79. The summed E-state index contributed by atoms with van der Waals surface area (Å²) in [6.07, 6.45) is 2.52. The van der Waals surface area contributed by atoms with Crippen LogP contribution in [0, 0.1) is 10.1 Å². The Morgan fingerprint density at radius 2 is 1.91 bits per heavy atom. The van der Waals surface area contributed by atoms with Gasteiger partial charge in [-0.05, 0) is 36.5 Å². The van der Waals surface area contributed by atoms with Gasteiger partial charge in [-0.15, -0.1) is 0 Å². The van der Waals surface area contributed by atoms with Crippen molar-refractivity contribution < 1.29 is 10.0 Å². The minimum atomic E-state index is -0.988. The Hall–Kier alpha value is -2.40. The second-order valence-corrected chi connectivity index (χ2v) is 5.67. The molecule has 2 aromatic rings. The van der Waals surface area contributed by atoms with Crippen LogP contribution in [0.15, 0.2) is 48.5 Å². The zero-order valence-electron chi connectivity index (χ0n) is 12.2. The van der Waals surface area contributed by atoms with E-state index in [1.807, 2.05) is 24.3 Å². The summed E-state index contributed by atoms with van der Waals surface area (Å²) in [6, 6.07) is 14.4. The fourth-order valence-electron chi connectivity index (χ4n) is 3.11. The molecule has 0 fully saturated rings. The molecule has 5 nitrogen and oxygen atoms in total. The standard InChI is InChI=1S/C17H18N2O3/c20-17(11-5-7-13-6-1-2-8-14(13)17)12-18-15-9-3-4-10-16(15)19(21)22/h1-4,6,8-10,18,20H,5,7,11-12H2. The fourth-order valence-corrected chi connectivity index (χ4v) is 3.11. The van der Waals surface area contributed by atoms with E-state index in [-0.39, 0.29) is 12.2 Å². The van der Waals surface area contributed by atoms with E-state index in [1.165, 1.54) is 6.07 Å². The Morgan fingerprint density at radius 3 is 2.73 bits per heavy atom. The summed E-state index contributed by atoms with van der Waals surface area (Å²) in [6.45, 7) is 0.259. The van der Waals surface area contributed by atoms with Crippen molar-refractivity contribution in [2.75, 3.05) is 11.9 Å². The van der Waals surface area contributed by atoms with E-state index in [9.17, 15) is 15.2 Å². The van der Waals surface area contributed by atoms with Gasteiger partial charge in [0, 0.05) is 12.6 Å². The van der Waals surface area contributed by atoms with E-state index in [0.29, 0.717) is 12.1 Å². The van der Waals surface area contributed by atoms with Crippen LogP contribution in [-0.4, -0.2) is 16.6 Å². The van der Waals surface area contributed by atoms with Gasteiger partial charge in [0.15, 0.2) is 0 Å². The molecule has 1 unspecified atom stereocenters. The van der Waals surface area contributed by atoms with Crippen molar-refractivity contribution >= 4 is 11.4 Å². The maximum absolute atomic E-state index is 11.1. The molecule has 2 N–H and O–H groups in total. The number of nitrogens with one attached hydrogen (secondary N) is 1. The van der Waals surface area contributed by atoms with E-state index < -0.39 is 10.5 Å². The van der Waals surface area contributed by atoms with Gasteiger partial charge in [-0.2, -0.15) is 0 Å². The third-order valence-corrected chi connectivity index (χ3v) is 4.23. The van der Waals surface area contributed by atoms with Crippen LogP contribution < -0.4 is 5.32 Å². The average Bonchev–Trinajstić information content (AvgIpc) is 2.54. The second kappa shape index (κ2) is 5.77. The number of nitro benzene ring substituents is 1. The summed E-state index contributed by atoms with van der Waals surface area (Å²) in [5.41, 5.74) is 1.55. The van der Waals surface area contributed by atoms with Gasteiger partial charge in [0.05, 0.1) is 4.92 Å². The van der Waals surface area contributed by atoms with Crippen molar-refractivity contribution in [1.29, 1.82) is 0 Å². The molecule has 1 aliphatic rings. The molecule has 1 aliphatic carbocycles. The highest BCUT2D eigenvalue weighted by atomic mass is 16.6. The Labute approximate surface area is 128 Å². The van der Waals surface area contributed by atoms with Gasteiger partial charge in [-0.3, -0.25) is 10.1 Å². The lowest BCUT2D eigenvalue weighted by Gasteiger charge is -2.34. The molecule has 0 aromatic heterocycles. The van der Waals surface area contributed by atoms with Crippen molar-refractivity contribution in [3.05, 3.63) is 69.8 Å². The molecule has 0 spiro atoms. The Kier molecular flexibility index (Phi) is 3.81. The Bertz CT molecular complexity index is 702. The molecule has 0 radical (unpaired) electrons. The first-order chi connectivity index (χ1) is 10.6. The van der Waals surface area contributed by atoms with Gasteiger partial charge in [-0.25, -0.2) is 0 Å². The molecule has 0 saturated heterocycles. The van der Waals surface area contributed by atoms with Crippen LogP contribution in [0.25, 0.3) is 0 Å². The Balaban J connectivity index is 1.84. The van der Waals surface area contributed by atoms with E-state index >= 15 is 0 Å². The summed E-state index contributed by atoms with van der Waals surface area (Å²) in [5, 5.41) is 25.1. The van der Waals surface area contributed by atoms with Crippen LogP contribution in [0.1, 0.15) is 24.0 Å². The maximum Gasteiger partial charge on any atom is 0.292 e. The fraction of sp³-hybridized carbons (Fsp3) is 0.294. The highest BCUT2D eigenvalue weighted by Crippen LogP contribution is 2.36. The Morgan fingerprint density at radius 1 is 1.18 bits per heavy atom. The molecule has 0 saturated carbocycles. The minimum Gasteiger partial charge on any atom is -0.383 e. The van der Waals surface area contributed by atoms with E-state index in [1.54, 1.807) is 18.2 Å². The summed E-state index contributed by atoms with van der Waals surface area (Å²) in [4.78, 5) is 10.6. The number of rotatable bonds is 4. The lowest BCUT2D eigenvalue weighted by molar-refractivity contribution is -0.384. The monoisotopic (exact) mass is 298 g/mol. The average molecular weight is 298 g/mol. The predicted octanol–water partition coefficient (Wildman–Crippen LogP) is 3.23. The largest absolute Gasteiger partial charge is 0.383 e. The molecule has 0 amide bonds. The molecule has 2 aromatic carbocycles. The van der Waals surface area contributed by atoms with E-state index in [0.717, 1.165) is 24.0 Å². The third kappa shape index (κ3) is 2.67. The SMILES string of the molecule is O=[N+]([O-])c1ccccc1NCC1(O)CCCc2ccccc21. The first-order valence-electron chi connectivity index (χ1n) is 7.38. The second-order valence-electron chi connectivity index (χ2n) is 5.67. The number of para-hydroxylation sites is 2. The molecule has 0 aliphatic heterocycles. The number of fused-ring (bicyclic) bond motifs is 1. The molecule has 5 heteroatoms. The first kappa shape index (κ1) is 14.5. The highest BCUT2D eigenvalue weighted by Gasteiger charge is 2.34. The number of anilines is 1. The molecular weight excluding hydrogens is 280 g/mol. The maximum atomic E-state index is 11.1. The van der Waals surface area contributed by atoms with Crippen molar-refractivity contribution in [2.45, 2.75) is 24.9 Å². The van der Waals surface area contributed by atoms with Gasteiger partial charge in [-0.1, -0.05) is 36.4 Å². The van der Waals surface area contributed by atoms with Crippen LogP contribution in [-0.2, 0) is 12.0 Å². The molecule has 0 heterocycles. The number of hydrogen-bond acceptors (Lipinski definition) is 4. The summed E-state index contributed by atoms with van der Waals surface area (Å²) in [7, 11) is 0. The number of aryl methyl sites for hydroxylation is 1. The van der Waals surface area contributed by atoms with Crippen molar-refractivity contribution in [3.63, 3.8) is 0 Å². The van der Waals surface area contributed by atoms with Gasteiger partial charge in [0.25, 0.3) is 5.69 Å². The number of aliphatic hydroxyl groups is 1. The molecule has 22 heavy (non-hydrogen) atoms. The van der Waals surface area contributed by atoms with Gasteiger partial charge < -0.3 is 10.4 Å². The van der Waals surface area contributed by atoms with Crippen LogP contribution in [0.2, 0.25) is 0 Å². The van der Waals surface area contributed by atoms with Gasteiger partial charge in [0.1, 0.15) is 11.3 Å². The lowest BCUT2D eigenvalue weighted by Crippen LogP contribution is -2.37. The smallest absolute Gasteiger partial charge is 0.292 e. The number of hydrogen-bond donors (Lipinski definition) is 2. The minimum absolute atomic E-state index is 0.0233. The van der Waals surface area contributed by atoms with Crippen molar-refractivity contribution in [3.8, 4) is 0 Å². The van der Waals surface area contributed by atoms with Crippen LogP contribution in [0.5, 0.6) is 0 Å². The van der Waals surface area contributed by atoms with Crippen LogP contribution in [0.4, 0.5) is 11.4 Å². The molecule has 0 bridgehead atoms. The number of nitrogens with zero attached hydrogens (tertiary/aromatic N) is 1. The van der Waals surface area contributed by atoms with Crippen LogP contribution >= 0.6 is 0 Å².